The fourth-order valence-electron chi connectivity index (χ4n) is 4.58. The van der Waals surface area contributed by atoms with Crippen LogP contribution in [-0.4, -0.2) is 55.3 Å². The number of hydrogen-bond donors (Lipinski definition) is 3. The molecule has 0 aromatic heterocycles. The highest BCUT2D eigenvalue weighted by Gasteiger charge is 2.11. The fraction of sp³-hybridized carbons (Fsp3) is 0.417. The van der Waals surface area contributed by atoms with Crippen molar-refractivity contribution in [3.8, 4) is 0 Å². The van der Waals surface area contributed by atoms with E-state index in [-0.39, 0.29) is 18.4 Å². The molecule has 0 fully saturated rings. The molecule has 0 saturated heterocycles. The lowest BCUT2D eigenvalue weighted by Crippen LogP contribution is -2.24. The third-order valence-electron chi connectivity index (χ3n) is 7.32. The molecule has 10 heteroatoms. The van der Waals surface area contributed by atoms with Crippen molar-refractivity contribution in [2.24, 2.45) is 5.73 Å². The Balaban J connectivity index is 1.19. The van der Waals surface area contributed by atoms with E-state index in [1.54, 1.807) is 24.3 Å². The first kappa shape index (κ1) is 36.8. The smallest absolute Gasteiger partial charge is 0.338 e. The van der Waals surface area contributed by atoms with Gasteiger partial charge in [0.2, 0.25) is 0 Å². The molecule has 0 aliphatic carbocycles. The summed E-state index contributed by atoms with van der Waals surface area (Å²) in [7, 11) is 2.00. The normalized spacial score (nSPS) is 10.9. The van der Waals surface area contributed by atoms with Crippen molar-refractivity contribution in [2.45, 2.75) is 64.6 Å². The monoisotopic (exact) mass is 648 g/mol. The standard InChI is InChI=1S/C36H48N4O5S/c1-40(46-45-28-30-15-17-31(18-16-30)34(41)38-24-10-3-2-9-23-37)26-12-5-4-11-25-39-35(42)32-19-21-33(22-20-32)36(43)44-27-29-13-7-6-8-14-29/h6-8,13-22H,2-5,9-12,23-28,37H2,1H3,(H,38,41)(H,39,42). The molecule has 0 saturated carbocycles. The molecule has 3 rings (SSSR count). The Morgan fingerprint density at radius 1 is 0.652 bits per heavy atom. The lowest BCUT2D eigenvalue weighted by atomic mass is 10.1. The van der Waals surface area contributed by atoms with E-state index in [1.807, 2.05) is 61.6 Å². The summed E-state index contributed by atoms with van der Waals surface area (Å²) in [5.74, 6) is -0.618. The van der Waals surface area contributed by atoms with Crippen molar-refractivity contribution < 1.29 is 23.3 Å². The maximum atomic E-state index is 12.5. The van der Waals surface area contributed by atoms with Crippen LogP contribution in [-0.2, 0) is 22.1 Å². The molecule has 4 N–H and O–H groups in total. The Morgan fingerprint density at radius 2 is 1.17 bits per heavy atom. The van der Waals surface area contributed by atoms with E-state index in [2.05, 4.69) is 14.9 Å². The number of unbranched alkanes of at least 4 members (excludes halogenated alkanes) is 6. The van der Waals surface area contributed by atoms with Crippen LogP contribution in [0.25, 0.3) is 0 Å². The van der Waals surface area contributed by atoms with Crippen LogP contribution in [0.3, 0.4) is 0 Å². The Hall–Kier alpha value is -3.70. The highest BCUT2D eigenvalue weighted by Crippen LogP contribution is 2.15. The van der Waals surface area contributed by atoms with Crippen molar-refractivity contribution in [1.82, 2.24) is 14.9 Å². The molecule has 3 aromatic rings. The molecule has 0 heterocycles. The van der Waals surface area contributed by atoms with E-state index in [0.29, 0.717) is 36.4 Å². The van der Waals surface area contributed by atoms with E-state index >= 15 is 0 Å². The van der Waals surface area contributed by atoms with Crippen LogP contribution in [0.1, 0.15) is 93.6 Å². The molecule has 0 unspecified atom stereocenters. The zero-order valence-corrected chi connectivity index (χ0v) is 27.7. The molecule has 0 aliphatic rings. The molecule has 3 aromatic carbocycles. The second kappa shape index (κ2) is 21.9. The number of esters is 1. The van der Waals surface area contributed by atoms with Crippen LogP contribution >= 0.6 is 12.2 Å². The number of amides is 2. The predicted octanol–water partition coefficient (Wildman–Crippen LogP) is 6.29. The molecule has 0 atom stereocenters. The molecular weight excluding hydrogens is 600 g/mol. The third-order valence-corrected chi connectivity index (χ3v) is 7.98. The van der Waals surface area contributed by atoms with E-state index in [9.17, 15) is 14.4 Å². The summed E-state index contributed by atoms with van der Waals surface area (Å²) in [6, 6.07) is 23.6. The largest absolute Gasteiger partial charge is 0.457 e. The quantitative estimate of drug-likeness (QED) is 0.0503. The number of rotatable bonds is 22. The van der Waals surface area contributed by atoms with Crippen molar-refractivity contribution >= 4 is 30.0 Å². The van der Waals surface area contributed by atoms with Crippen LogP contribution in [0.15, 0.2) is 78.9 Å². The second-order valence-electron chi connectivity index (χ2n) is 11.2. The molecule has 9 nitrogen and oxygen atoms in total. The highest BCUT2D eigenvalue weighted by atomic mass is 32.2. The summed E-state index contributed by atoms with van der Waals surface area (Å²) >= 11 is 1.34. The van der Waals surface area contributed by atoms with E-state index in [4.69, 9.17) is 14.7 Å². The highest BCUT2D eigenvalue weighted by molar-refractivity contribution is 7.92. The molecule has 0 bridgehead atoms. The van der Waals surface area contributed by atoms with Gasteiger partial charge in [0.15, 0.2) is 0 Å². The number of hydrogen-bond acceptors (Lipinski definition) is 8. The summed E-state index contributed by atoms with van der Waals surface area (Å²) in [5, 5.41) is 5.92. The Morgan fingerprint density at radius 3 is 1.78 bits per heavy atom. The van der Waals surface area contributed by atoms with E-state index in [0.717, 1.165) is 75.6 Å². The number of benzene rings is 3. The maximum Gasteiger partial charge on any atom is 0.338 e. The van der Waals surface area contributed by atoms with Crippen LogP contribution in [0.5, 0.6) is 0 Å². The van der Waals surface area contributed by atoms with Gasteiger partial charge < -0.3 is 21.1 Å². The molecule has 46 heavy (non-hydrogen) atoms. The van der Waals surface area contributed by atoms with Gasteiger partial charge in [-0.1, -0.05) is 68.1 Å². The van der Waals surface area contributed by atoms with Gasteiger partial charge in [0.05, 0.1) is 24.4 Å². The van der Waals surface area contributed by atoms with Gasteiger partial charge in [-0.25, -0.2) is 9.10 Å². The summed E-state index contributed by atoms with van der Waals surface area (Å²) in [6.45, 7) is 3.56. The van der Waals surface area contributed by atoms with Gasteiger partial charge in [-0.15, -0.1) is 0 Å². The minimum Gasteiger partial charge on any atom is -0.457 e. The lowest BCUT2D eigenvalue weighted by molar-refractivity contribution is 0.0472. The van der Waals surface area contributed by atoms with Gasteiger partial charge in [0, 0.05) is 30.8 Å². The number of ether oxygens (including phenoxy) is 1. The number of carbonyl (C=O) groups is 3. The molecule has 0 radical (unpaired) electrons. The van der Waals surface area contributed by atoms with Crippen molar-refractivity contribution in [3.63, 3.8) is 0 Å². The topological polar surface area (TPSA) is 123 Å². The van der Waals surface area contributed by atoms with Crippen LogP contribution < -0.4 is 16.4 Å². The van der Waals surface area contributed by atoms with Gasteiger partial charge in [0.25, 0.3) is 11.8 Å². The van der Waals surface area contributed by atoms with Crippen molar-refractivity contribution in [1.29, 1.82) is 0 Å². The van der Waals surface area contributed by atoms with Gasteiger partial charge in [-0.05, 0) is 86.8 Å². The molecular formula is C36H48N4O5S. The average Bonchev–Trinajstić information content (AvgIpc) is 3.09. The predicted molar refractivity (Wildman–Crippen MR) is 184 cm³/mol. The Labute approximate surface area is 277 Å². The van der Waals surface area contributed by atoms with Gasteiger partial charge in [-0.2, -0.15) is 0 Å². The minimum absolute atomic E-state index is 0.0482. The number of nitrogens with two attached hydrogens (primary N) is 1. The lowest BCUT2D eigenvalue weighted by Gasteiger charge is -2.14. The fourth-order valence-corrected chi connectivity index (χ4v) is 5.15. The number of nitrogens with one attached hydrogen (secondary N) is 2. The first-order valence-corrected chi connectivity index (χ1v) is 16.8. The Kier molecular flexibility index (Phi) is 17.5. The molecule has 0 aliphatic heterocycles. The Bertz CT molecular complexity index is 1310. The van der Waals surface area contributed by atoms with Gasteiger partial charge in [0.1, 0.15) is 6.61 Å². The maximum absolute atomic E-state index is 12.5. The van der Waals surface area contributed by atoms with Gasteiger partial charge >= 0.3 is 5.97 Å². The summed E-state index contributed by atoms with van der Waals surface area (Å²) in [5.41, 5.74) is 9.02. The summed E-state index contributed by atoms with van der Waals surface area (Å²) in [6.07, 6.45) is 8.17. The summed E-state index contributed by atoms with van der Waals surface area (Å²) < 4.78 is 13.2. The number of nitrogens with zero attached hydrogens (tertiary/aromatic N) is 1. The van der Waals surface area contributed by atoms with E-state index in [1.165, 1.54) is 12.2 Å². The van der Waals surface area contributed by atoms with Crippen LogP contribution in [0.4, 0.5) is 0 Å². The van der Waals surface area contributed by atoms with Gasteiger partial charge in [-0.3, -0.25) is 13.8 Å². The van der Waals surface area contributed by atoms with Crippen LogP contribution in [0, 0.1) is 0 Å². The van der Waals surface area contributed by atoms with Crippen molar-refractivity contribution in [2.75, 3.05) is 33.2 Å². The zero-order valence-electron chi connectivity index (χ0n) is 26.9. The minimum atomic E-state index is -0.417. The molecule has 248 valence electrons. The second-order valence-corrected chi connectivity index (χ2v) is 12.2. The number of carbonyl (C=O) groups excluding carboxylic acids is 3. The van der Waals surface area contributed by atoms with Crippen molar-refractivity contribution in [3.05, 3.63) is 107 Å². The third kappa shape index (κ3) is 14.6. The molecule has 2 amide bonds. The molecule has 0 spiro atoms. The average molecular weight is 649 g/mol. The summed E-state index contributed by atoms with van der Waals surface area (Å²) in [4.78, 5) is 37.0. The zero-order chi connectivity index (χ0) is 32.8. The SMILES string of the molecule is CN(CCCCCCNC(=O)c1ccc(C(=O)OCc2ccccc2)cc1)SOCc1ccc(C(=O)NCCCCCCN)cc1. The van der Waals surface area contributed by atoms with E-state index < -0.39 is 5.97 Å². The first-order valence-electron chi connectivity index (χ1n) is 16.1. The first-order chi connectivity index (χ1) is 22.5. The van der Waals surface area contributed by atoms with Crippen LogP contribution in [0.2, 0.25) is 0 Å².